The molecule has 2 heterocycles. The lowest BCUT2D eigenvalue weighted by Crippen LogP contribution is -2.44. The predicted molar refractivity (Wildman–Crippen MR) is 129 cm³/mol. The van der Waals surface area contributed by atoms with Crippen molar-refractivity contribution >= 4 is 39.3 Å². The highest BCUT2D eigenvalue weighted by Crippen LogP contribution is 2.40. The van der Waals surface area contributed by atoms with E-state index in [-0.39, 0.29) is 40.9 Å². The van der Waals surface area contributed by atoms with Gasteiger partial charge in [0.25, 0.3) is 10.0 Å². The minimum absolute atomic E-state index is 0.0631. The first kappa shape index (κ1) is 26.8. The number of hydrogen-bond acceptors (Lipinski definition) is 7. The number of anilines is 1. The average molecular weight is 528 g/mol. The fourth-order valence-electron chi connectivity index (χ4n) is 3.69. The van der Waals surface area contributed by atoms with Gasteiger partial charge in [0.1, 0.15) is 22.4 Å². The molecule has 3 rings (SSSR count). The minimum Gasteiger partial charge on any atom is -0.486 e. The summed E-state index contributed by atoms with van der Waals surface area (Å²) in [6.07, 6.45) is 0.682. The van der Waals surface area contributed by atoms with Crippen LogP contribution in [0.5, 0.6) is 5.75 Å². The summed E-state index contributed by atoms with van der Waals surface area (Å²) < 4.78 is 41.3. The first-order valence-electron chi connectivity index (χ1n) is 11.2. The van der Waals surface area contributed by atoms with Crippen molar-refractivity contribution in [3.8, 4) is 5.75 Å². The van der Waals surface area contributed by atoms with Crippen LogP contribution < -0.4 is 9.04 Å². The number of carboxylic acid groups (broad SMARTS) is 1. The van der Waals surface area contributed by atoms with E-state index in [0.717, 1.165) is 4.31 Å². The Morgan fingerprint density at radius 3 is 2.60 bits per heavy atom. The number of carboxylic acids is 1. The number of nitrogens with zero attached hydrogens (tertiary/aromatic N) is 3. The maximum absolute atomic E-state index is 13.7. The number of aromatic nitrogens is 2. The monoisotopic (exact) mass is 527 g/mol. The lowest BCUT2D eigenvalue weighted by Gasteiger charge is -2.36. The fourth-order valence-corrected chi connectivity index (χ4v) is 5.64. The highest BCUT2D eigenvalue weighted by molar-refractivity contribution is 7.93. The van der Waals surface area contributed by atoms with Gasteiger partial charge in [-0.1, -0.05) is 24.6 Å². The number of esters is 1. The van der Waals surface area contributed by atoms with Crippen molar-refractivity contribution in [1.29, 1.82) is 0 Å². The first-order valence-corrected chi connectivity index (χ1v) is 13.0. The molecule has 0 amide bonds. The molecule has 1 aromatic heterocycles. The van der Waals surface area contributed by atoms with Crippen LogP contribution in [-0.4, -0.2) is 53.5 Å². The number of rotatable bonds is 8. The molecule has 2 aromatic rings. The molecule has 2 atom stereocenters. The second-order valence-corrected chi connectivity index (χ2v) is 11.6. The van der Waals surface area contributed by atoms with Gasteiger partial charge in [-0.25, -0.2) is 8.42 Å². The molecule has 10 nitrogen and oxygen atoms in total. The minimum atomic E-state index is -4.18. The van der Waals surface area contributed by atoms with E-state index in [1.165, 1.54) is 17.8 Å². The molecule has 192 valence electrons. The van der Waals surface area contributed by atoms with E-state index in [9.17, 15) is 23.1 Å². The normalized spacial score (nSPS) is 16.9. The van der Waals surface area contributed by atoms with E-state index in [1.54, 1.807) is 45.9 Å². The number of ether oxygens (including phenoxy) is 2. The van der Waals surface area contributed by atoms with Gasteiger partial charge in [0.15, 0.2) is 5.15 Å². The third-order valence-electron chi connectivity index (χ3n) is 5.34. The number of halogens is 1. The summed E-state index contributed by atoms with van der Waals surface area (Å²) in [5.41, 5.74) is 0.105. The van der Waals surface area contributed by atoms with Gasteiger partial charge in [0.05, 0.1) is 24.6 Å². The number of fused-ring (bicyclic) bond motifs is 1. The van der Waals surface area contributed by atoms with Crippen LogP contribution in [0.25, 0.3) is 0 Å². The summed E-state index contributed by atoms with van der Waals surface area (Å²) in [5.74, 6) is -1.95. The molecule has 0 spiro atoms. The Morgan fingerprint density at radius 2 is 2.03 bits per heavy atom. The molecule has 0 unspecified atom stereocenters. The Labute approximate surface area is 209 Å². The van der Waals surface area contributed by atoms with Crippen LogP contribution in [0.2, 0.25) is 5.15 Å². The molecule has 0 saturated heterocycles. The summed E-state index contributed by atoms with van der Waals surface area (Å²) in [6, 6.07) is 4.79. The van der Waals surface area contributed by atoms with Crippen LogP contribution in [0.3, 0.4) is 0 Å². The highest BCUT2D eigenvalue weighted by Gasteiger charge is 2.38. The van der Waals surface area contributed by atoms with Crippen LogP contribution >= 0.6 is 11.6 Å². The zero-order chi connectivity index (χ0) is 26.1. The molecule has 1 aliphatic heterocycles. The molecular weight excluding hydrogens is 498 g/mol. The van der Waals surface area contributed by atoms with E-state index in [1.807, 2.05) is 0 Å². The molecule has 0 aliphatic carbocycles. The van der Waals surface area contributed by atoms with Gasteiger partial charge in [-0.15, -0.1) is 0 Å². The van der Waals surface area contributed by atoms with Gasteiger partial charge in [0, 0.05) is 12.7 Å². The molecule has 1 N–H and O–H groups in total. The molecule has 0 bridgehead atoms. The second-order valence-electron chi connectivity index (χ2n) is 9.46. The molecule has 1 aliphatic rings. The molecule has 1 aromatic carbocycles. The quantitative estimate of drug-likeness (QED) is 0.516. The molecule has 0 radical (unpaired) electrons. The van der Waals surface area contributed by atoms with E-state index >= 15 is 0 Å². The SMILES string of the molecule is CCn1cc(S(=O)(=O)N2C[C@H](C[C@@H](C)C(=O)O)Oc3ccc(CC(=O)OC(C)(C)C)cc32)c(Cl)n1. The molecular formula is C23H30ClN3O7S. The average Bonchev–Trinajstić information content (AvgIpc) is 3.13. The van der Waals surface area contributed by atoms with Crippen molar-refractivity contribution in [1.82, 2.24) is 9.78 Å². The number of hydrogen-bond donors (Lipinski definition) is 1. The summed E-state index contributed by atoms with van der Waals surface area (Å²) in [6.45, 7) is 8.92. The standard InChI is InChI=1S/C23H30ClN3O7S/c1-6-26-13-19(21(24)25-26)35(31,32)27-12-16(9-14(2)22(29)30)33-18-8-7-15(10-17(18)27)11-20(28)34-23(3,4)5/h7-8,10,13-14,16H,6,9,11-12H2,1-5H3,(H,29,30)/t14-,16+/m1/s1. The topological polar surface area (TPSA) is 128 Å². The smallest absolute Gasteiger partial charge is 0.310 e. The van der Waals surface area contributed by atoms with E-state index in [0.29, 0.717) is 12.1 Å². The van der Waals surface area contributed by atoms with Crippen molar-refractivity contribution in [3.63, 3.8) is 0 Å². The third-order valence-corrected chi connectivity index (χ3v) is 7.51. The predicted octanol–water partition coefficient (Wildman–Crippen LogP) is 3.51. The maximum Gasteiger partial charge on any atom is 0.310 e. The van der Waals surface area contributed by atoms with E-state index in [4.69, 9.17) is 21.1 Å². The Morgan fingerprint density at radius 1 is 1.34 bits per heavy atom. The number of sulfonamides is 1. The van der Waals surface area contributed by atoms with Gasteiger partial charge in [-0.05, 0) is 51.8 Å². The Bertz CT molecular complexity index is 1220. The summed E-state index contributed by atoms with van der Waals surface area (Å²) in [5, 5.41) is 13.2. The summed E-state index contributed by atoms with van der Waals surface area (Å²) >= 11 is 6.17. The summed E-state index contributed by atoms with van der Waals surface area (Å²) in [7, 11) is -4.18. The van der Waals surface area contributed by atoms with Crippen molar-refractivity contribution in [2.75, 3.05) is 10.8 Å². The molecule has 35 heavy (non-hydrogen) atoms. The second kappa shape index (κ2) is 10.1. The fraction of sp³-hybridized carbons (Fsp3) is 0.522. The van der Waals surface area contributed by atoms with Crippen molar-refractivity contribution < 1.29 is 32.6 Å². The first-order chi connectivity index (χ1) is 16.2. The van der Waals surface area contributed by atoms with E-state index < -0.39 is 39.6 Å². The van der Waals surface area contributed by atoms with Gasteiger partial charge >= 0.3 is 11.9 Å². The van der Waals surface area contributed by atoms with Gasteiger partial charge < -0.3 is 14.6 Å². The third kappa shape index (κ3) is 6.26. The van der Waals surface area contributed by atoms with Crippen molar-refractivity contribution in [2.45, 2.75) is 70.6 Å². The van der Waals surface area contributed by atoms with Crippen molar-refractivity contribution in [3.05, 3.63) is 35.1 Å². The lowest BCUT2D eigenvalue weighted by molar-refractivity contribution is -0.154. The van der Waals surface area contributed by atoms with Gasteiger partial charge in [0.2, 0.25) is 0 Å². The number of carbonyl (C=O) groups excluding carboxylic acids is 1. The lowest BCUT2D eigenvalue weighted by atomic mass is 10.0. The Balaban J connectivity index is 2.02. The number of carbonyl (C=O) groups is 2. The molecule has 12 heteroatoms. The van der Waals surface area contributed by atoms with Crippen molar-refractivity contribution in [2.24, 2.45) is 5.92 Å². The van der Waals surface area contributed by atoms with Crippen LogP contribution in [0.4, 0.5) is 5.69 Å². The van der Waals surface area contributed by atoms with Crippen LogP contribution in [0.15, 0.2) is 29.3 Å². The zero-order valence-electron chi connectivity index (χ0n) is 20.3. The zero-order valence-corrected chi connectivity index (χ0v) is 21.9. The van der Waals surface area contributed by atoms with Crippen LogP contribution in [0, 0.1) is 5.92 Å². The van der Waals surface area contributed by atoms with Gasteiger partial charge in [-0.3, -0.25) is 18.6 Å². The van der Waals surface area contributed by atoms with Crippen LogP contribution in [-0.2, 0) is 37.3 Å². The summed E-state index contributed by atoms with van der Waals surface area (Å²) in [4.78, 5) is 23.6. The molecule has 0 saturated carbocycles. The maximum atomic E-state index is 13.7. The largest absolute Gasteiger partial charge is 0.486 e. The number of aliphatic carboxylic acids is 1. The van der Waals surface area contributed by atoms with E-state index in [2.05, 4.69) is 5.10 Å². The Kier molecular flexibility index (Phi) is 7.71. The number of aryl methyl sites for hydroxylation is 1. The highest BCUT2D eigenvalue weighted by atomic mass is 35.5. The molecule has 0 fully saturated rings. The Hall–Kier alpha value is -2.79. The van der Waals surface area contributed by atoms with Crippen LogP contribution in [0.1, 0.15) is 46.6 Å². The number of benzene rings is 1. The van der Waals surface area contributed by atoms with Gasteiger partial charge in [-0.2, -0.15) is 5.10 Å².